The molecule has 146 valence electrons. The van der Waals surface area contributed by atoms with Crippen molar-refractivity contribution in [3.05, 3.63) is 11.3 Å². The van der Waals surface area contributed by atoms with Gasteiger partial charge in [0.15, 0.2) is 0 Å². The Labute approximate surface area is 155 Å². The lowest BCUT2D eigenvalue weighted by atomic mass is 9.83. The Morgan fingerprint density at radius 3 is 2.88 bits per heavy atom. The predicted octanol–water partition coefficient (Wildman–Crippen LogP) is 2.06. The van der Waals surface area contributed by atoms with Gasteiger partial charge in [0.1, 0.15) is 6.10 Å². The molecule has 0 heterocycles. The van der Waals surface area contributed by atoms with Crippen LogP contribution in [-0.4, -0.2) is 41.6 Å². The average Bonchev–Trinajstić information content (AvgIpc) is 2.84. The molecule has 0 aromatic heterocycles. The van der Waals surface area contributed by atoms with Crippen LogP contribution in [0.5, 0.6) is 0 Å². The molecule has 0 spiro atoms. The molecule has 4 unspecified atom stereocenters. The van der Waals surface area contributed by atoms with Crippen LogP contribution in [0.3, 0.4) is 0 Å². The molecular formula is C20H31NO5. The van der Waals surface area contributed by atoms with Crippen molar-refractivity contribution in [2.24, 2.45) is 11.8 Å². The van der Waals surface area contributed by atoms with E-state index in [9.17, 15) is 15.0 Å². The molecule has 0 aromatic rings. The summed E-state index contributed by atoms with van der Waals surface area (Å²) in [5, 5.41) is 20.3. The van der Waals surface area contributed by atoms with E-state index in [-0.39, 0.29) is 30.8 Å². The molecule has 0 amide bonds. The van der Waals surface area contributed by atoms with Crippen LogP contribution < -0.4 is 5.48 Å². The zero-order chi connectivity index (χ0) is 18.9. The summed E-state index contributed by atoms with van der Waals surface area (Å²) in [4.78, 5) is 16.6. The van der Waals surface area contributed by atoms with Crippen molar-refractivity contribution >= 4 is 5.97 Å². The summed E-state index contributed by atoms with van der Waals surface area (Å²) in [6.07, 6.45) is 4.44. The lowest BCUT2D eigenvalue weighted by Crippen LogP contribution is -2.32. The Kier molecular flexibility index (Phi) is 8.43. The third kappa shape index (κ3) is 5.73. The fourth-order valence-electron chi connectivity index (χ4n) is 3.42. The summed E-state index contributed by atoms with van der Waals surface area (Å²) in [6.45, 7) is 4.52. The minimum absolute atomic E-state index is 0.127. The van der Waals surface area contributed by atoms with Crippen molar-refractivity contribution in [2.45, 2.75) is 71.0 Å². The molecule has 2 rings (SSSR count). The van der Waals surface area contributed by atoms with E-state index in [1.807, 2.05) is 0 Å². The second-order valence-corrected chi connectivity index (χ2v) is 6.92. The second kappa shape index (κ2) is 10.6. The first-order valence-corrected chi connectivity index (χ1v) is 9.69. The number of hydroxylamine groups is 1. The van der Waals surface area contributed by atoms with Crippen molar-refractivity contribution < 1.29 is 24.6 Å². The van der Waals surface area contributed by atoms with Crippen LogP contribution in [0.25, 0.3) is 0 Å². The zero-order valence-corrected chi connectivity index (χ0v) is 15.8. The van der Waals surface area contributed by atoms with E-state index in [2.05, 4.69) is 24.2 Å². The highest BCUT2D eigenvalue weighted by atomic mass is 16.6. The molecular weight excluding hydrogens is 334 g/mol. The maximum absolute atomic E-state index is 11.2. The minimum Gasteiger partial charge on any atom is -0.466 e. The van der Waals surface area contributed by atoms with Gasteiger partial charge in [0, 0.05) is 11.6 Å². The van der Waals surface area contributed by atoms with Gasteiger partial charge in [-0.1, -0.05) is 31.6 Å². The Hall–Kier alpha value is -1.55. The number of nitrogens with one attached hydrogen (secondary N) is 1. The van der Waals surface area contributed by atoms with Crippen molar-refractivity contribution in [2.75, 3.05) is 13.2 Å². The third-order valence-corrected chi connectivity index (χ3v) is 4.95. The molecule has 6 nitrogen and oxygen atoms in total. The topological polar surface area (TPSA) is 88.0 Å². The quantitative estimate of drug-likeness (QED) is 0.238. The normalized spacial score (nSPS) is 25.0. The summed E-state index contributed by atoms with van der Waals surface area (Å²) in [7, 11) is 0. The van der Waals surface area contributed by atoms with Crippen LogP contribution >= 0.6 is 0 Å². The number of fused-ring (bicyclic) bond motifs is 1. The molecule has 4 atom stereocenters. The minimum atomic E-state index is -0.607. The van der Waals surface area contributed by atoms with Crippen LogP contribution in [0.15, 0.2) is 11.3 Å². The highest BCUT2D eigenvalue weighted by molar-refractivity contribution is 5.69. The monoisotopic (exact) mass is 365 g/mol. The number of hydrogen-bond donors (Lipinski definition) is 3. The number of ether oxygens (including phenoxy) is 1. The van der Waals surface area contributed by atoms with Crippen molar-refractivity contribution in [1.29, 1.82) is 0 Å². The first-order chi connectivity index (χ1) is 12.6. The molecule has 0 aromatic carbocycles. The van der Waals surface area contributed by atoms with E-state index in [0.717, 1.165) is 37.0 Å². The molecule has 26 heavy (non-hydrogen) atoms. The van der Waals surface area contributed by atoms with Gasteiger partial charge in [0.2, 0.25) is 0 Å². The first-order valence-electron chi connectivity index (χ1n) is 9.69. The molecule has 2 aliphatic rings. The largest absolute Gasteiger partial charge is 0.466 e. The van der Waals surface area contributed by atoms with E-state index in [0.29, 0.717) is 19.4 Å². The number of unbranched alkanes of at least 4 members (excludes halogenated alkanes) is 2. The van der Waals surface area contributed by atoms with Gasteiger partial charge < -0.3 is 14.9 Å². The van der Waals surface area contributed by atoms with Gasteiger partial charge in [-0.05, 0) is 38.2 Å². The summed E-state index contributed by atoms with van der Waals surface area (Å²) in [6, 6.07) is 0. The number of aliphatic hydroxyl groups is 2. The molecule has 0 saturated heterocycles. The molecule has 1 saturated carbocycles. The highest BCUT2D eigenvalue weighted by Crippen LogP contribution is 2.48. The van der Waals surface area contributed by atoms with Crippen LogP contribution in [0, 0.1) is 23.7 Å². The molecule has 0 bridgehead atoms. The maximum atomic E-state index is 11.2. The zero-order valence-electron chi connectivity index (χ0n) is 15.8. The fourth-order valence-corrected chi connectivity index (χ4v) is 3.42. The number of carbonyl (C=O) groups is 1. The Bertz CT molecular complexity index is 562. The number of rotatable bonds is 10. The predicted molar refractivity (Wildman–Crippen MR) is 97.5 cm³/mol. The number of carbonyl (C=O) groups excluding carboxylic acids is 1. The summed E-state index contributed by atoms with van der Waals surface area (Å²) in [5.41, 5.74) is 5.02. The Morgan fingerprint density at radius 2 is 2.15 bits per heavy atom. The van der Waals surface area contributed by atoms with Gasteiger partial charge in [0.25, 0.3) is 0 Å². The van der Waals surface area contributed by atoms with E-state index in [1.54, 1.807) is 6.92 Å². The number of hydrogen-bond acceptors (Lipinski definition) is 6. The lowest BCUT2D eigenvalue weighted by Gasteiger charge is -2.30. The molecule has 0 aliphatic heterocycles. The van der Waals surface area contributed by atoms with Crippen LogP contribution in [0.1, 0.15) is 58.8 Å². The smallest absolute Gasteiger partial charge is 0.308 e. The number of esters is 1. The third-order valence-electron chi connectivity index (χ3n) is 4.95. The van der Waals surface area contributed by atoms with Gasteiger partial charge in [0.05, 0.1) is 31.7 Å². The van der Waals surface area contributed by atoms with Gasteiger partial charge in [-0.25, -0.2) is 0 Å². The van der Waals surface area contributed by atoms with E-state index in [4.69, 9.17) is 9.57 Å². The first kappa shape index (κ1) is 20.8. The van der Waals surface area contributed by atoms with Crippen LogP contribution in [0.2, 0.25) is 0 Å². The van der Waals surface area contributed by atoms with Crippen molar-refractivity contribution in [1.82, 2.24) is 5.48 Å². The fraction of sp³-hybridized carbons (Fsp3) is 0.750. The number of aliphatic hydroxyl groups excluding tert-OH is 2. The van der Waals surface area contributed by atoms with Gasteiger partial charge in [-0.3, -0.25) is 15.1 Å². The van der Waals surface area contributed by atoms with Crippen LogP contribution in [-0.2, 0) is 14.4 Å². The average molecular weight is 365 g/mol. The molecule has 2 aliphatic carbocycles. The van der Waals surface area contributed by atoms with E-state index in [1.165, 1.54) is 0 Å². The SMILES string of the molecule is CCCCCC(O)C#CC1CC2=C(NOCCC(=O)OCC)CC2C1O. The highest BCUT2D eigenvalue weighted by Gasteiger charge is 2.45. The molecule has 3 N–H and O–H groups in total. The summed E-state index contributed by atoms with van der Waals surface area (Å²) >= 11 is 0. The molecule has 1 fully saturated rings. The second-order valence-electron chi connectivity index (χ2n) is 6.92. The Morgan fingerprint density at radius 1 is 1.35 bits per heavy atom. The lowest BCUT2D eigenvalue weighted by molar-refractivity contribution is -0.144. The molecule has 6 heteroatoms. The van der Waals surface area contributed by atoms with Crippen LogP contribution in [0.4, 0.5) is 0 Å². The Balaban J connectivity index is 1.75. The number of allylic oxidation sites excluding steroid dienone is 1. The van der Waals surface area contributed by atoms with E-state index < -0.39 is 12.2 Å². The van der Waals surface area contributed by atoms with Gasteiger partial charge in [-0.2, -0.15) is 0 Å². The molecule has 0 radical (unpaired) electrons. The van der Waals surface area contributed by atoms with Crippen molar-refractivity contribution in [3.8, 4) is 11.8 Å². The maximum Gasteiger partial charge on any atom is 0.308 e. The van der Waals surface area contributed by atoms with Gasteiger partial charge >= 0.3 is 5.97 Å². The standard InChI is InChI=1S/C20H31NO5/c1-3-5-6-7-15(22)9-8-14-12-16-17(20(14)24)13-18(16)21-26-11-10-19(23)25-4-2/h14-15,17,20-22,24H,3-7,10-13H2,1-2H3. The summed E-state index contributed by atoms with van der Waals surface area (Å²) < 4.78 is 4.84. The summed E-state index contributed by atoms with van der Waals surface area (Å²) in [5.74, 6) is 5.68. The van der Waals surface area contributed by atoms with Gasteiger partial charge in [-0.15, -0.1) is 0 Å². The van der Waals surface area contributed by atoms with Crippen molar-refractivity contribution in [3.63, 3.8) is 0 Å². The van der Waals surface area contributed by atoms with E-state index >= 15 is 0 Å².